The van der Waals surface area contributed by atoms with Crippen molar-refractivity contribution in [3.05, 3.63) is 66.2 Å². The standard InChI is InChI=1S/C21H14N2O9S2/c24-20-17(21(25)26)8-11-3-1-2-4-15(11)19(20)23-22-13-7-12-5-6-14(33(27,28)29)10-16(12)18(9-13)34(30,31)32/h1-10,24H,(H,25,26)(H,27,28,29)(H,30,31,32). The predicted molar refractivity (Wildman–Crippen MR) is 120 cm³/mol. The molecule has 0 aromatic heterocycles. The maximum Gasteiger partial charge on any atom is 0.339 e. The molecule has 0 heterocycles. The van der Waals surface area contributed by atoms with E-state index in [0.29, 0.717) is 10.8 Å². The zero-order valence-electron chi connectivity index (χ0n) is 16.8. The number of carbonyl (C=O) groups is 1. The molecule has 0 spiro atoms. The Bertz CT molecular complexity index is 1750. The highest BCUT2D eigenvalue weighted by Gasteiger charge is 2.20. The summed E-state index contributed by atoms with van der Waals surface area (Å²) in [6, 6.07) is 13.1. The molecule has 0 radical (unpaired) electrons. The number of carboxylic acids is 1. The van der Waals surface area contributed by atoms with Crippen LogP contribution in [0.3, 0.4) is 0 Å². The summed E-state index contributed by atoms with van der Waals surface area (Å²) in [5.74, 6) is -2.04. The fourth-order valence-electron chi connectivity index (χ4n) is 3.41. The largest absolute Gasteiger partial charge is 0.505 e. The molecule has 4 rings (SSSR count). The molecule has 0 aliphatic heterocycles. The molecule has 11 nitrogen and oxygen atoms in total. The molecule has 4 aromatic carbocycles. The second-order valence-electron chi connectivity index (χ2n) is 7.12. The Morgan fingerprint density at radius 3 is 2.09 bits per heavy atom. The normalized spacial score (nSPS) is 12.5. The van der Waals surface area contributed by atoms with Crippen molar-refractivity contribution in [1.29, 1.82) is 0 Å². The lowest BCUT2D eigenvalue weighted by molar-refractivity contribution is 0.0694. The molecule has 174 valence electrons. The molecule has 0 bridgehead atoms. The number of fused-ring (bicyclic) bond motifs is 2. The summed E-state index contributed by atoms with van der Waals surface area (Å²) in [7, 11) is -9.51. The Hall–Kier alpha value is -3.91. The number of aromatic carboxylic acids is 1. The van der Waals surface area contributed by atoms with Crippen LogP contribution in [0.5, 0.6) is 5.75 Å². The summed E-state index contributed by atoms with van der Waals surface area (Å²) in [5, 5.41) is 28.4. The Morgan fingerprint density at radius 1 is 0.765 bits per heavy atom. The van der Waals surface area contributed by atoms with Crippen molar-refractivity contribution in [3.8, 4) is 5.75 Å². The average Bonchev–Trinajstić information content (AvgIpc) is 2.75. The molecule has 0 amide bonds. The second kappa shape index (κ2) is 8.14. The van der Waals surface area contributed by atoms with Gasteiger partial charge >= 0.3 is 5.97 Å². The Balaban J connectivity index is 1.94. The fourth-order valence-corrected chi connectivity index (χ4v) is 4.64. The van der Waals surface area contributed by atoms with Crippen LogP contribution in [0.15, 0.2) is 80.7 Å². The molecule has 34 heavy (non-hydrogen) atoms. The molecule has 0 saturated carbocycles. The molecule has 13 heteroatoms. The van der Waals surface area contributed by atoms with E-state index in [1.54, 1.807) is 24.3 Å². The first-order valence-corrected chi connectivity index (χ1v) is 12.2. The number of hydrogen-bond acceptors (Lipinski definition) is 8. The van der Waals surface area contributed by atoms with Gasteiger partial charge in [-0.05, 0) is 41.1 Å². The molecular weight excluding hydrogens is 488 g/mol. The van der Waals surface area contributed by atoms with Crippen LogP contribution in [0.2, 0.25) is 0 Å². The number of phenols is 1. The zero-order chi connectivity index (χ0) is 24.8. The molecule has 0 aliphatic rings. The summed E-state index contributed by atoms with van der Waals surface area (Å²) < 4.78 is 65.6. The lowest BCUT2D eigenvalue weighted by Gasteiger charge is -2.09. The Labute approximate surface area is 192 Å². The van der Waals surface area contributed by atoms with Crippen LogP contribution in [0.4, 0.5) is 11.4 Å². The van der Waals surface area contributed by atoms with Crippen LogP contribution >= 0.6 is 0 Å². The minimum Gasteiger partial charge on any atom is -0.505 e. The maximum atomic E-state index is 11.9. The molecule has 0 saturated heterocycles. The molecule has 4 N–H and O–H groups in total. The van der Waals surface area contributed by atoms with Gasteiger partial charge in [0, 0.05) is 10.8 Å². The number of benzene rings is 4. The van der Waals surface area contributed by atoms with Crippen LogP contribution in [0.25, 0.3) is 21.5 Å². The van der Waals surface area contributed by atoms with Gasteiger partial charge < -0.3 is 10.2 Å². The minimum atomic E-state index is -4.86. The van der Waals surface area contributed by atoms with Crippen LogP contribution in [-0.4, -0.2) is 42.1 Å². The minimum absolute atomic E-state index is 0.107. The third-order valence-electron chi connectivity index (χ3n) is 4.94. The Morgan fingerprint density at radius 2 is 1.44 bits per heavy atom. The van der Waals surface area contributed by atoms with Crippen molar-refractivity contribution in [3.63, 3.8) is 0 Å². The van der Waals surface area contributed by atoms with E-state index in [0.717, 1.165) is 18.2 Å². The van der Waals surface area contributed by atoms with Gasteiger partial charge in [-0.3, -0.25) is 9.11 Å². The van der Waals surface area contributed by atoms with Crippen molar-refractivity contribution in [2.75, 3.05) is 0 Å². The molecule has 0 fully saturated rings. The Kier molecular flexibility index (Phi) is 5.57. The summed E-state index contributed by atoms with van der Waals surface area (Å²) in [5.41, 5.74) is -0.697. The van der Waals surface area contributed by atoms with E-state index in [1.165, 1.54) is 18.2 Å². The fraction of sp³-hybridized carbons (Fsp3) is 0. The summed E-state index contributed by atoms with van der Waals surface area (Å²) in [4.78, 5) is 10.2. The molecule has 0 aliphatic carbocycles. The van der Waals surface area contributed by atoms with E-state index in [4.69, 9.17) is 0 Å². The monoisotopic (exact) mass is 502 g/mol. The van der Waals surface area contributed by atoms with Gasteiger partial charge in [0.05, 0.1) is 10.6 Å². The number of azo groups is 1. The SMILES string of the molecule is O=C(O)c1cc2ccccc2c(N=Nc2cc(S(=O)(=O)O)c3cc(S(=O)(=O)O)ccc3c2)c1O. The summed E-state index contributed by atoms with van der Waals surface area (Å²) in [6.45, 7) is 0. The van der Waals surface area contributed by atoms with E-state index in [1.807, 2.05) is 0 Å². The van der Waals surface area contributed by atoms with Gasteiger partial charge in [-0.15, -0.1) is 5.11 Å². The van der Waals surface area contributed by atoms with Gasteiger partial charge in [-0.2, -0.15) is 21.9 Å². The van der Waals surface area contributed by atoms with Crippen molar-refractivity contribution >= 4 is 59.1 Å². The highest BCUT2D eigenvalue weighted by atomic mass is 32.2. The third kappa shape index (κ3) is 4.32. The average molecular weight is 502 g/mol. The first-order valence-electron chi connectivity index (χ1n) is 9.29. The molecule has 0 unspecified atom stereocenters. The van der Waals surface area contributed by atoms with Gasteiger partial charge in [0.1, 0.15) is 16.1 Å². The van der Waals surface area contributed by atoms with E-state index in [9.17, 15) is 40.9 Å². The summed E-state index contributed by atoms with van der Waals surface area (Å²) in [6.07, 6.45) is 0. The number of rotatable bonds is 5. The van der Waals surface area contributed by atoms with Crippen molar-refractivity contribution in [1.82, 2.24) is 0 Å². The van der Waals surface area contributed by atoms with Gasteiger partial charge in [-0.25, -0.2) is 4.79 Å². The number of nitrogens with zero attached hydrogens (tertiary/aromatic N) is 2. The quantitative estimate of drug-likeness (QED) is 0.227. The number of carboxylic acid groups (broad SMARTS) is 1. The highest BCUT2D eigenvalue weighted by Crippen LogP contribution is 2.40. The van der Waals surface area contributed by atoms with Crippen molar-refractivity contribution in [2.45, 2.75) is 9.79 Å². The van der Waals surface area contributed by atoms with E-state index < -0.39 is 47.3 Å². The summed E-state index contributed by atoms with van der Waals surface area (Å²) >= 11 is 0. The predicted octanol–water partition coefficient (Wildman–Crippen LogP) is 4.31. The topological polar surface area (TPSA) is 191 Å². The lowest BCUT2D eigenvalue weighted by Crippen LogP contribution is -2.01. The second-order valence-corrected chi connectivity index (χ2v) is 9.94. The lowest BCUT2D eigenvalue weighted by atomic mass is 10.0. The number of hydrogen-bond donors (Lipinski definition) is 4. The van der Waals surface area contributed by atoms with E-state index >= 15 is 0 Å². The number of aromatic hydroxyl groups is 1. The van der Waals surface area contributed by atoms with Gasteiger partial charge in [0.2, 0.25) is 0 Å². The first kappa shape index (κ1) is 23.3. The zero-order valence-corrected chi connectivity index (χ0v) is 18.4. The van der Waals surface area contributed by atoms with Gasteiger partial charge in [-0.1, -0.05) is 30.3 Å². The van der Waals surface area contributed by atoms with Crippen LogP contribution in [-0.2, 0) is 20.2 Å². The maximum absolute atomic E-state index is 11.9. The smallest absolute Gasteiger partial charge is 0.339 e. The van der Waals surface area contributed by atoms with E-state index in [2.05, 4.69) is 10.2 Å². The van der Waals surface area contributed by atoms with Gasteiger partial charge in [0.15, 0.2) is 5.75 Å². The first-order chi connectivity index (χ1) is 15.9. The van der Waals surface area contributed by atoms with Crippen LogP contribution < -0.4 is 0 Å². The van der Waals surface area contributed by atoms with Gasteiger partial charge in [0.25, 0.3) is 20.2 Å². The molecule has 4 aromatic rings. The van der Waals surface area contributed by atoms with Crippen LogP contribution in [0, 0.1) is 0 Å². The highest BCUT2D eigenvalue weighted by molar-refractivity contribution is 7.86. The molecule has 0 atom stereocenters. The van der Waals surface area contributed by atoms with Crippen LogP contribution in [0.1, 0.15) is 10.4 Å². The van der Waals surface area contributed by atoms with Crippen molar-refractivity contribution in [2.24, 2.45) is 10.2 Å². The van der Waals surface area contributed by atoms with Crippen molar-refractivity contribution < 1.29 is 40.9 Å². The third-order valence-corrected chi connectivity index (χ3v) is 6.68. The molecular formula is C21H14N2O9S2. The van der Waals surface area contributed by atoms with E-state index in [-0.39, 0.29) is 22.1 Å².